The van der Waals surface area contributed by atoms with Crippen LogP contribution in [0.5, 0.6) is 0 Å². The van der Waals surface area contributed by atoms with Gasteiger partial charge >= 0.3 is 0 Å². The molecule has 0 aromatic heterocycles. The first-order valence-electron chi connectivity index (χ1n) is 6.34. The molecule has 3 heteroatoms. The van der Waals surface area contributed by atoms with E-state index in [-0.39, 0.29) is 5.82 Å². The lowest BCUT2D eigenvalue weighted by atomic mass is 10.0. The van der Waals surface area contributed by atoms with E-state index in [1.165, 1.54) is 17.7 Å². The molecule has 0 saturated heterocycles. The highest BCUT2D eigenvalue weighted by Crippen LogP contribution is 2.33. The fourth-order valence-corrected chi connectivity index (χ4v) is 2.60. The van der Waals surface area contributed by atoms with E-state index in [4.69, 9.17) is 5.26 Å². The molecule has 2 nitrogen and oxygen atoms in total. The van der Waals surface area contributed by atoms with Gasteiger partial charge in [0.15, 0.2) is 0 Å². The topological polar surface area (TPSA) is 27.0 Å². The summed E-state index contributed by atoms with van der Waals surface area (Å²) in [6.45, 7) is 0.853. The number of nitrogens with zero attached hydrogens (tertiary/aromatic N) is 2. The Labute approximate surface area is 111 Å². The molecule has 0 atom stereocenters. The van der Waals surface area contributed by atoms with Crippen molar-refractivity contribution in [1.29, 1.82) is 5.26 Å². The molecule has 1 aliphatic rings. The van der Waals surface area contributed by atoms with E-state index in [0.717, 1.165) is 30.8 Å². The average Bonchev–Trinajstić information content (AvgIpc) is 2.46. The summed E-state index contributed by atoms with van der Waals surface area (Å²) >= 11 is 0. The third-order valence-corrected chi connectivity index (χ3v) is 3.43. The predicted molar refractivity (Wildman–Crippen MR) is 72.9 cm³/mol. The summed E-state index contributed by atoms with van der Waals surface area (Å²) in [4.78, 5) is 2.09. The quantitative estimate of drug-likeness (QED) is 0.772. The van der Waals surface area contributed by atoms with Gasteiger partial charge in [0.2, 0.25) is 0 Å². The van der Waals surface area contributed by atoms with Crippen LogP contribution in [-0.2, 0) is 6.42 Å². The Morgan fingerprint density at radius 1 is 1.16 bits per heavy atom. The average molecular weight is 252 g/mol. The van der Waals surface area contributed by atoms with Gasteiger partial charge in [-0.25, -0.2) is 4.39 Å². The first kappa shape index (κ1) is 11.7. The Hall–Kier alpha value is -2.34. The monoisotopic (exact) mass is 252 g/mol. The zero-order valence-corrected chi connectivity index (χ0v) is 10.4. The minimum absolute atomic E-state index is 0.359. The summed E-state index contributed by atoms with van der Waals surface area (Å²) in [6, 6.07) is 14.7. The lowest BCUT2D eigenvalue weighted by Crippen LogP contribution is -2.24. The summed E-state index contributed by atoms with van der Waals surface area (Å²) in [5.41, 5.74) is 3.50. The summed E-state index contributed by atoms with van der Waals surface area (Å²) in [5.74, 6) is -0.364. The Balaban J connectivity index is 2.09. The van der Waals surface area contributed by atoms with Crippen LogP contribution in [0.2, 0.25) is 0 Å². The number of rotatable bonds is 1. The Kier molecular flexibility index (Phi) is 2.92. The summed E-state index contributed by atoms with van der Waals surface area (Å²) in [6.07, 6.45) is 2.09. The van der Waals surface area contributed by atoms with E-state index in [1.807, 2.05) is 24.3 Å². The van der Waals surface area contributed by atoms with Gasteiger partial charge in [-0.2, -0.15) is 5.26 Å². The second-order valence-electron chi connectivity index (χ2n) is 4.69. The zero-order chi connectivity index (χ0) is 13.2. The van der Waals surface area contributed by atoms with Gasteiger partial charge in [0.05, 0.1) is 11.6 Å². The summed E-state index contributed by atoms with van der Waals surface area (Å²) in [7, 11) is 0. The molecular weight excluding hydrogens is 239 g/mol. The molecule has 0 aliphatic carbocycles. The zero-order valence-electron chi connectivity index (χ0n) is 10.4. The van der Waals surface area contributed by atoms with Gasteiger partial charge < -0.3 is 4.90 Å². The van der Waals surface area contributed by atoms with Gasteiger partial charge in [-0.15, -0.1) is 0 Å². The predicted octanol–water partition coefficient (Wildman–Crippen LogP) is 3.78. The number of nitriles is 1. The smallest absolute Gasteiger partial charge is 0.126 e. The fraction of sp³-hybridized carbons (Fsp3) is 0.188. The van der Waals surface area contributed by atoms with Crippen molar-refractivity contribution in [2.75, 3.05) is 11.4 Å². The maximum atomic E-state index is 13.6. The first-order chi connectivity index (χ1) is 9.28. The third kappa shape index (κ3) is 2.17. The highest BCUT2D eigenvalue weighted by Gasteiger charge is 2.18. The first-order valence-corrected chi connectivity index (χ1v) is 6.34. The van der Waals surface area contributed by atoms with Crippen molar-refractivity contribution in [2.45, 2.75) is 12.8 Å². The standard InChI is InChI=1S/C16H13FN2/c17-14-8-12(11-18)9-15(10-14)19-7-3-5-13-4-1-2-6-16(13)19/h1-2,4,6,8-10H,3,5,7H2. The van der Waals surface area contributed by atoms with Crippen molar-refractivity contribution in [2.24, 2.45) is 0 Å². The molecule has 0 bridgehead atoms. The maximum Gasteiger partial charge on any atom is 0.126 e. The Morgan fingerprint density at radius 2 is 2.00 bits per heavy atom. The number of anilines is 2. The molecule has 1 aliphatic heterocycles. The van der Waals surface area contributed by atoms with Gasteiger partial charge in [-0.05, 0) is 42.7 Å². The SMILES string of the molecule is N#Cc1cc(F)cc(N2CCCc3ccccc32)c1. The summed E-state index contributed by atoms with van der Waals surface area (Å²) in [5, 5.41) is 8.94. The maximum absolute atomic E-state index is 13.6. The van der Waals surface area contributed by atoms with Crippen molar-refractivity contribution in [3.63, 3.8) is 0 Å². The molecule has 19 heavy (non-hydrogen) atoms. The molecule has 0 radical (unpaired) electrons. The van der Waals surface area contributed by atoms with E-state index in [2.05, 4.69) is 11.0 Å². The molecule has 0 saturated carbocycles. The second kappa shape index (κ2) is 4.74. The second-order valence-corrected chi connectivity index (χ2v) is 4.69. The van der Waals surface area contributed by atoms with Gasteiger partial charge in [-0.3, -0.25) is 0 Å². The largest absolute Gasteiger partial charge is 0.341 e. The number of benzene rings is 2. The van der Waals surface area contributed by atoms with Crippen LogP contribution in [0.3, 0.4) is 0 Å². The van der Waals surface area contributed by atoms with Gasteiger partial charge in [0, 0.05) is 17.9 Å². The van der Waals surface area contributed by atoms with Crippen molar-refractivity contribution in [3.8, 4) is 6.07 Å². The van der Waals surface area contributed by atoms with Crippen molar-refractivity contribution < 1.29 is 4.39 Å². The van der Waals surface area contributed by atoms with Gasteiger partial charge in [-0.1, -0.05) is 18.2 Å². The molecule has 0 fully saturated rings. The number of aryl methyl sites for hydroxylation is 1. The van der Waals surface area contributed by atoms with Crippen LogP contribution in [0, 0.1) is 17.1 Å². The number of para-hydroxylation sites is 1. The van der Waals surface area contributed by atoms with E-state index in [9.17, 15) is 4.39 Å². The minimum Gasteiger partial charge on any atom is -0.341 e. The minimum atomic E-state index is -0.364. The van der Waals surface area contributed by atoms with E-state index in [0.29, 0.717) is 5.56 Å². The van der Waals surface area contributed by atoms with Gasteiger partial charge in [0.1, 0.15) is 5.82 Å². The van der Waals surface area contributed by atoms with Crippen LogP contribution >= 0.6 is 0 Å². The Bertz CT molecular complexity index is 658. The van der Waals surface area contributed by atoms with Crippen LogP contribution in [0.4, 0.5) is 15.8 Å². The molecule has 2 aromatic rings. The molecule has 0 N–H and O–H groups in total. The Morgan fingerprint density at radius 3 is 2.84 bits per heavy atom. The van der Waals surface area contributed by atoms with Gasteiger partial charge in [0.25, 0.3) is 0 Å². The molecule has 1 heterocycles. The molecule has 0 spiro atoms. The molecular formula is C16H13FN2. The van der Waals surface area contributed by atoms with Crippen LogP contribution in [0.25, 0.3) is 0 Å². The number of fused-ring (bicyclic) bond motifs is 1. The highest BCUT2D eigenvalue weighted by atomic mass is 19.1. The normalized spacial score (nSPS) is 13.8. The highest BCUT2D eigenvalue weighted by molar-refractivity contribution is 5.68. The molecule has 94 valence electrons. The fourth-order valence-electron chi connectivity index (χ4n) is 2.60. The van der Waals surface area contributed by atoms with Crippen LogP contribution < -0.4 is 4.90 Å². The lowest BCUT2D eigenvalue weighted by Gasteiger charge is -2.31. The number of hydrogen-bond donors (Lipinski definition) is 0. The molecule has 2 aromatic carbocycles. The third-order valence-electron chi connectivity index (χ3n) is 3.43. The number of halogens is 1. The molecule has 3 rings (SSSR count). The van der Waals surface area contributed by atoms with Crippen LogP contribution in [0.1, 0.15) is 17.5 Å². The van der Waals surface area contributed by atoms with Crippen LogP contribution in [-0.4, -0.2) is 6.54 Å². The lowest BCUT2D eigenvalue weighted by molar-refractivity contribution is 0.626. The van der Waals surface area contributed by atoms with E-state index >= 15 is 0 Å². The summed E-state index contributed by atoms with van der Waals surface area (Å²) < 4.78 is 13.6. The van der Waals surface area contributed by atoms with E-state index < -0.39 is 0 Å². The number of hydrogen-bond acceptors (Lipinski definition) is 2. The molecule has 0 amide bonds. The molecule has 0 unspecified atom stereocenters. The van der Waals surface area contributed by atoms with Crippen molar-refractivity contribution in [3.05, 3.63) is 59.4 Å². The van der Waals surface area contributed by atoms with E-state index in [1.54, 1.807) is 6.07 Å². The van der Waals surface area contributed by atoms with Crippen LogP contribution in [0.15, 0.2) is 42.5 Å². The van der Waals surface area contributed by atoms with Crippen molar-refractivity contribution in [1.82, 2.24) is 0 Å². The van der Waals surface area contributed by atoms with Crippen molar-refractivity contribution >= 4 is 11.4 Å².